The molecule has 0 saturated carbocycles. The number of carbonyl (C=O) groups is 1. The summed E-state index contributed by atoms with van der Waals surface area (Å²) in [4.78, 5) is 10.7. The Hall–Kier alpha value is -1.99. The molecule has 0 atom stereocenters. The van der Waals surface area contributed by atoms with E-state index in [2.05, 4.69) is 15.5 Å². The molecule has 2 heterocycles. The van der Waals surface area contributed by atoms with Gasteiger partial charge in [0.05, 0.1) is 0 Å². The third-order valence-corrected chi connectivity index (χ3v) is 3.90. The lowest BCUT2D eigenvalue weighted by atomic mass is 10.1. The average molecular weight is 295 g/mol. The molecule has 1 N–H and O–H groups in total. The molecule has 3 aromatic rings. The Bertz CT molecular complexity index is 767. The molecule has 0 unspecified atom stereocenters. The van der Waals surface area contributed by atoms with Gasteiger partial charge in [-0.1, -0.05) is 23.7 Å². The van der Waals surface area contributed by atoms with E-state index in [0.717, 1.165) is 20.7 Å². The predicted molar refractivity (Wildman–Crippen MR) is 71.3 cm³/mol. The molecule has 19 heavy (non-hydrogen) atoms. The van der Waals surface area contributed by atoms with Crippen LogP contribution in [0.15, 0.2) is 23.6 Å². The van der Waals surface area contributed by atoms with Crippen molar-refractivity contribution in [3.05, 3.63) is 27.9 Å². The summed E-state index contributed by atoms with van der Waals surface area (Å²) in [5.41, 5.74) is 0.758. The Kier molecular flexibility index (Phi) is 2.92. The van der Waals surface area contributed by atoms with Crippen molar-refractivity contribution in [2.45, 2.75) is 6.54 Å². The zero-order chi connectivity index (χ0) is 13.4. The molecule has 0 aliphatic rings. The fourth-order valence-electron chi connectivity index (χ4n) is 1.80. The quantitative estimate of drug-likeness (QED) is 0.801. The maximum Gasteiger partial charge on any atom is 0.325 e. The normalized spacial score (nSPS) is 11.0. The van der Waals surface area contributed by atoms with Crippen LogP contribution in [0.4, 0.5) is 0 Å². The van der Waals surface area contributed by atoms with Crippen LogP contribution in [-0.2, 0) is 11.3 Å². The highest BCUT2D eigenvalue weighted by Gasteiger charge is 2.12. The molecule has 0 aliphatic heterocycles. The number of benzene rings is 1. The van der Waals surface area contributed by atoms with Gasteiger partial charge in [0.1, 0.15) is 10.9 Å². The minimum atomic E-state index is -0.992. The summed E-state index contributed by atoms with van der Waals surface area (Å²) < 4.78 is 1.98. The molecular formula is C11H7ClN4O2S. The molecule has 0 amide bonds. The second-order valence-corrected chi connectivity index (χ2v) is 5.35. The highest BCUT2D eigenvalue weighted by atomic mass is 35.5. The van der Waals surface area contributed by atoms with E-state index in [-0.39, 0.29) is 6.54 Å². The Morgan fingerprint density at radius 1 is 1.47 bits per heavy atom. The molecule has 0 aliphatic carbocycles. The van der Waals surface area contributed by atoms with E-state index in [4.69, 9.17) is 16.7 Å². The molecule has 2 aromatic heterocycles. The fraction of sp³-hybridized carbons (Fsp3) is 0.0909. The van der Waals surface area contributed by atoms with Gasteiger partial charge in [0.25, 0.3) is 0 Å². The summed E-state index contributed by atoms with van der Waals surface area (Å²) in [5, 5.41) is 23.7. The maximum atomic E-state index is 10.7. The number of hydrogen-bond donors (Lipinski definition) is 1. The van der Waals surface area contributed by atoms with Gasteiger partial charge in [-0.05, 0) is 21.9 Å². The molecule has 96 valence electrons. The zero-order valence-corrected chi connectivity index (χ0v) is 11.0. The van der Waals surface area contributed by atoms with Crippen molar-refractivity contribution in [2.24, 2.45) is 0 Å². The lowest BCUT2D eigenvalue weighted by molar-refractivity contribution is -0.137. The summed E-state index contributed by atoms with van der Waals surface area (Å²) in [7, 11) is 0. The average Bonchev–Trinajstić information content (AvgIpc) is 2.96. The lowest BCUT2D eigenvalue weighted by Gasteiger charge is -2.02. The first kappa shape index (κ1) is 12.1. The Labute approximate surface area is 116 Å². The van der Waals surface area contributed by atoms with Gasteiger partial charge < -0.3 is 5.11 Å². The van der Waals surface area contributed by atoms with Gasteiger partial charge in [-0.15, -0.1) is 16.4 Å². The van der Waals surface area contributed by atoms with Crippen molar-refractivity contribution in [3.63, 3.8) is 0 Å². The van der Waals surface area contributed by atoms with Crippen LogP contribution in [0.1, 0.15) is 0 Å². The number of halogens is 1. The first-order valence-electron chi connectivity index (χ1n) is 5.30. The second-order valence-electron chi connectivity index (χ2n) is 3.87. The van der Waals surface area contributed by atoms with Gasteiger partial charge in [0, 0.05) is 16.3 Å². The largest absolute Gasteiger partial charge is 0.480 e. The van der Waals surface area contributed by atoms with Crippen LogP contribution >= 0.6 is 22.9 Å². The van der Waals surface area contributed by atoms with E-state index >= 15 is 0 Å². The molecule has 0 radical (unpaired) electrons. The van der Waals surface area contributed by atoms with Crippen LogP contribution in [0.25, 0.3) is 22.2 Å². The van der Waals surface area contributed by atoms with Gasteiger partial charge in [0.2, 0.25) is 0 Å². The molecule has 6 nitrogen and oxygen atoms in total. The van der Waals surface area contributed by atoms with Gasteiger partial charge in [-0.2, -0.15) is 0 Å². The number of nitrogens with zero attached hydrogens (tertiary/aromatic N) is 4. The summed E-state index contributed by atoms with van der Waals surface area (Å²) in [6, 6.07) is 5.59. The predicted octanol–water partition coefficient (Wildman–Crippen LogP) is 2.29. The first-order chi connectivity index (χ1) is 9.15. The molecule has 8 heteroatoms. The molecule has 0 bridgehead atoms. The monoisotopic (exact) mass is 294 g/mol. The third kappa shape index (κ3) is 2.18. The van der Waals surface area contributed by atoms with Crippen molar-refractivity contribution in [2.75, 3.05) is 0 Å². The Balaban J connectivity index is 2.09. The maximum absolute atomic E-state index is 10.7. The number of carboxylic acids is 1. The van der Waals surface area contributed by atoms with E-state index in [1.54, 1.807) is 0 Å². The van der Waals surface area contributed by atoms with Gasteiger partial charge in [-0.25, -0.2) is 4.68 Å². The summed E-state index contributed by atoms with van der Waals surface area (Å²) in [5.74, 6) is -0.570. The third-order valence-electron chi connectivity index (χ3n) is 2.63. The van der Waals surface area contributed by atoms with Crippen molar-refractivity contribution in [1.82, 2.24) is 20.2 Å². The van der Waals surface area contributed by atoms with Crippen LogP contribution in [0.5, 0.6) is 0 Å². The topological polar surface area (TPSA) is 80.9 Å². The summed E-state index contributed by atoms with van der Waals surface area (Å²) in [6.07, 6.45) is 0. The van der Waals surface area contributed by atoms with Gasteiger partial charge in [-0.3, -0.25) is 4.79 Å². The molecule has 0 saturated heterocycles. The summed E-state index contributed by atoms with van der Waals surface area (Å²) in [6.45, 7) is -0.273. The first-order valence-corrected chi connectivity index (χ1v) is 6.56. The smallest absolute Gasteiger partial charge is 0.325 e. The van der Waals surface area contributed by atoms with Crippen molar-refractivity contribution in [1.29, 1.82) is 0 Å². The number of fused-ring (bicyclic) bond motifs is 1. The molecule has 3 rings (SSSR count). The SMILES string of the molecule is O=C(O)Cn1nnnc1-c1ccc2c(Cl)scc2c1. The highest BCUT2D eigenvalue weighted by molar-refractivity contribution is 7.16. The van der Waals surface area contributed by atoms with Crippen molar-refractivity contribution < 1.29 is 9.90 Å². The summed E-state index contributed by atoms with van der Waals surface area (Å²) >= 11 is 7.50. The van der Waals surface area contributed by atoms with Crippen LogP contribution in [0.3, 0.4) is 0 Å². The molecule has 0 fully saturated rings. The minimum absolute atomic E-state index is 0.273. The Morgan fingerprint density at radius 2 is 2.32 bits per heavy atom. The van der Waals surface area contributed by atoms with E-state index in [1.807, 2.05) is 23.6 Å². The van der Waals surface area contributed by atoms with Crippen molar-refractivity contribution >= 4 is 39.7 Å². The van der Waals surface area contributed by atoms with E-state index < -0.39 is 5.97 Å². The Morgan fingerprint density at radius 3 is 3.11 bits per heavy atom. The van der Waals surface area contributed by atoms with Crippen LogP contribution < -0.4 is 0 Å². The van der Waals surface area contributed by atoms with E-state index in [0.29, 0.717) is 5.82 Å². The van der Waals surface area contributed by atoms with E-state index in [1.165, 1.54) is 16.0 Å². The minimum Gasteiger partial charge on any atom is -0.480 e. The van der Waals surface area contributed by atoms with E-state index in [9.17, 15) is 4.79 Å². The number of aliphatic carboxylic acids is 1. The standard InChI is InChI=1S/C11H7ClN4O2S/c12-10-8-2-1-6(3-7(8)5-19-10)11-13-14-15-16(11)4-9(17)18/h1-3,5H,4H2,(H,17,18). The number of rotatable bonds is 3. The highest BCUT2D eigenvalue weighted by Crippen LogP contribution is 2.32. The molecule has 0 spiro atoms. The second kappa shape index (κ2) is 4.60. The van der Waals surface area contributed by atoms with Crippen LogP contribution in [0.2, 0.25) is 4.34 Å². The van der Waals surface area contributed by atoms with Gasteiger partial charge in [0.15, 0.2) is 5.82 Å². The number of aromatic nitrogens is 4. The molecular weight excluding hydrogens is 288 g/mol. The lowest BCUT2D eigenvalue weighted by Crippen LogP contribution is -2.11. The number of tetrazole rings is 1. The number of hydrogen-bond acceptors (Lipinski definition) is 5. The van der Waals surface area contributed by atoms with Gasteiger partial charge >= 0.3 is 5.97 Å². The number of carboxylic acid groups (broad SMARTS) is 1. The number of thiophene rings is 1. The fourth-order valence-corrected chi connectivity index (χ4v) is 2.85. The zero-order valence-electron chi connectivity index (χ0n) is 9.45. The van der Waals surface area contributed by atoms with Crippen LogP contribution in [-0.4, -0.2) is 31.3 Å². The van der Waals surface area contributed by atoms with Crippen molar-refractivity contribution in [3.8, 4) is 11.4 Å². The molecule has 1 aromatic carbocycles. The van der Waals surface area contributed by atoms with Crippen LogP contribution in [0, 0.1) is 0 Å².